The van der Waals surface area contributed by atoms with Gasteiger partial charge in [-0.15, -0.1) is 0 Å². The van der Waals surface area contributed by atoms with Crippen LogP contribution in [-0.4, -0.2) is 41.0 Å². The van der Waals surface area contributed by atoms with E-state index in [0.29, 0.717) is 34.1 Å². The van der Waals surface area contributed by atoms with Crippen molar-refractivity contribution in [2.45, 2.75) is 33.7 Å². The minimum absolute atomic E-state index is 0.0982. The lowest BCUT2D eigenvalue weighted by Gasteiger charge is -2.17. The maximum atomic E-state index is 14.1. The van der Waals surface area contributed by atoms with Crippen molar-refractivity contribution in [1.82, 2.24) is 20.6 Å². The summed E-state index contributed by atoms with van der Waals surface area (Å²) in [5, 5.41) is 6.71. The fourth-order valence-corrected chi connectivity index (χ4v) is 2.54. The number of amides is 1. The van der Waals surface area contributed by atoms with E-state index < -0.39 is 11.9 Å². The van der Waals surface area contributed by atoms with Crippen molar-refractivity contribution in [1.29, 1.82) is 0 Å². The van der Waals surface area contributed by atoms with Crippen LogP contribution in [0.25, 0.3) is 11.0 Å². The highest BCUT2D eigenvalue weighted by Crippen LogP contribution is 2.22. The third-order valence-electron chi connectivity index (χ3n) is 3.86. The molecule has 150 valence electrons. The normalized spacial score (nSPS) is 14.0. The molecule has 0 aliphatic carbocycles. The molecule has 7 nitrogen and oxygen atoms in total. The number of carbonyl (C=O) groups excluding carboxylic acids is 1. The lowest BCUT2D eigenvalue weighted by Crippen LogP contribution is -2.43. The van der Waals surface area contributed by atoms with E-state index in [9.17, 15) is 9.18 Å². The fourth-order valence-electron chi connectivity index (χ4n) is 2.39. The van der Waals surface area contributed by atoms with Gasteiger partial charge in [0.25, 0.3) is 0 Å². The maximum Gasteiger partial charge on any atom is 0.242 e. The number of pyridine rings is 1. The summed E-state index contributed by atoms with van der Waals surface area (Å²) in [7, 11) is 0. The van der Waals surface area contributed by atoms with Crippen molar-refractivity contribution in [3.05, 3.63) is 40.7 Å². The van der Waals surface area contributed by atoms with E-state index in [0.717, 1.165) is 0 Å². The molecule has 2 heterocycles. The third-order valence-corrected chi connectivity index (χ3v) is 4.07. The zero-order valence-corrected chi connectivity index (χ0v) is 17.1. The summed E-state index contributed by atoms with van der Waals surface area (Å²) in [5.74, 6) is -0.450. The zero-order valence-electron chi connectivity index (χ0n) is 16.3. The number of fused-ring (bicyclic) bond motifs is 1. The van der Waals surface area contributed by atoms with Crippen LogP contribution in [0.5, 0.6) is 0 Å². The van der Waals surface area contributed by atoms with E-state index in [2.05, 4.69) is 37.3 Å². The molecule has 0 fully saturated rings. The molecule has 0 aliphatic rings. The maximum absolute atomic E-state index is 14.1. The molecule has 1 atom stereocenters. The average Bonchev–Trinajstić information content (AvgIpc) is 3.05. The molecule has 0 spiro atoms. The number of H-pyrrole nitrogens is 1. The van der Waals surface area contributed by atoms with E-state index in [1.165, 1.54) is 13.1 Å². The number of hydrogen-bond donors (Lipinski definition) is 3. The molecule has 0 bridgehead atoms. The van der Waals surface area contributed by atoms with Gasteiger partial charge in [-0.2, -0.15) is 0 Å². The predicted molar refractivity (Wildman–Crippen MR) is 111 cm³/mol. The Morgan fingerprint density at radius 2 is 2.14 bits per heavy atom. The standard InChI is InChI=1S/C19H24ClFN6O/c1-10(2)7-25-19(28)12(4)26-16(11(3)21)27-17(22-5)15-9-24-18-14(15)6-13(20)8-23-18/h6,8-10,12,26H,5,7H2,1-4H3,(H,23,24)(H,25,28)/b16-11+,27-17?/t12-/m0/s1. The van der Waals surface area contributed by atoms with Gasteiger partial charge in [0.05, 0.1) is 5.02 Å². The Kier molecular flexibility index (Phi) is 7.28. The highest BCUT2D eigenvalue weighted by atomic mass is 35.5. The fraction of sp³-hybridized carbons (Fsp3) is 0.368. The Hall–Kier alpha value is -2.74. The van der Waals surface area contributed by atoms with Gasteiger partial charge < -0.3 is 15.6 Å². The van der Waals surface area contributed by atoms with Crippen molar-refractivity contribution in [2.75, 3.05) is 6.54 Å². The second-order valence-electron chi connectivity index (χ2n) is 6.73. The molecule has 1 amide bonds. The van der Waals surface area contributed by atoms with Crippen LogP contribution < -0.4 is 10.6 Å². The van der Waals surface area contributed by atoms with Crippen LogP contribution >= 0.6 is 11.6 Å². The molecule has 2 rings (SSSR count). The van der Waals surface area contributed by atoms with Gasteiger partial charge in [0, 0.05) is 29.9 Å². The monoisotopic (exact) mass is 406 g/mol. The Morgan fingerprint density at radius 1 is 1.43 bits per heavy atom. The molecule has 0 aromatic carbocycles. The molecule has 0 aliphatic heterocycles. The number of hydrogen-bond acceptors (Lipinski definition) is 4. The smallest absolute Gasteiger partial charge is 0.242 e. The minimum Gasteiger partial charge on any atom is -0.356 e. The van der Waals surface area contributed by atoms with Gasteiger partial charge >= 0.3 is 0 Å². The number of aliphatic imine (C=N–C) groups is 2. The molecular formula is C19H24ClFN6O. The molecule has 0 saturated carbocycles. The van der Waals surface area contributed by atoms with Crippen molar-refractivity contribution >= 4 is 41.1 Å². The molecule has 3 N–H and O–H groups in total. The SMILES string of the molecule is C=NC(=N/C(N[C@@H](C)C(=O)NCC(C)C)=C(\C)F)c1c[nH]c2ncc(Cl)cc12. The van der Waals surface area contributed by atoms with Crippen LogP contribution in [0.15, 0.2) is 40.1 Å². The molecule has 2 aromatic heterocycles. The van der Waals surface area contributed by atoms with E-state index in [1.807, 2.05) is 13.8 Å². The Morgan fingerprint density at radius 3 is 2.75 bits per heavy atom. The number of nitrogens with one attached hydrogen (secondary N) is 3. The van der Waals surface area contributed by atoms with Crippen molar-refractivity contribution in [3.63, 3.8) is 0 Å². The van der Waals surface area contributed by atoms with E-state index in [1.54, 1.807) is 19.2 Å². The van der Waals surface area contributed by atoms with Gasteiger partial charge in [-0.05, 0) is 32.5 Å². The Bertz CT molecular complexity index is 930. The van der Waals surface area contributed by atoms with E-state index >= 15 is 0 Å². The first kappa shape index (κ1) is 21.6. The molecule has 9 heteroatoms. The van der Waals surface area contributed by atoms with Crippen molar-refractivity contribution < 1.29 is 9.18 Å². The molecule has 2 aromatic rings. The van der Waals surface area contributed by atoms with Gasteiger partial charge in [0.2, 0.25) is 5.91 Å². The summed E-state index contributed by atoms with van der Waals surface area (Å²) >= 11 is 6.02. The summed E-state index contributed by atoms with van der Waals surface area (Å²) in [6.07, 6.45) is 3.16. The first-order chi connectivity index (χ1) is 13.2. The molecule has 0 saturated heterocycles. The second-order valence-corrected chi connectivity index (χ2v) is 7.17. The third kappa shape index (κ3) is 5.39. The van der Waals surface area contributed by atoms with Crippen LogP contribution in [0.4, 0.5) is 4.39 Å². The Balaban J connectivity index is 2.30. The van der Waals surface area contributed by atoms with Crippen LogP contribution in [0.3, 0.4) is 0 Å². The number of allylic oxidation sites excluding steroid dienone is 1. The lowest BCUT2D eigenvalue weighted by molar-refractivity contribution is -0.122. The number of aromatic amines is 1. The van der Waals surface area contributed by atoms with Gasteiger partial charge in [-0.25, -0.2) is 19.4 Å². The number of carbonyl (C=O) groups is 1. The first-order valence-electron chi connectivity index (χ1n) is 8.82. The van der Waals surface area contributed by atoms with E-state index in [4.69, 9.17) is 11.6 Å². The summed E-state index contributed by atoms with van der Waals surface area (Å²) in [6.45, 7) is 10.9. The largest absolute Gasteiger partial charge is 0.356 e. The molecular weight excluding hydrogens is 383 g/mol. The zero-order chi connectivity index (χ0) is 20.8. The van der Waals surface area contributed by atoms with Gasteiger partial charge in [-0.1, -0.05) is 25.4 Å². The topological polar surface area (TPSA) is 94.5 Å². The lowest BCUT2D eigenvalue weighted by atomic mass is 10.2. The summed E-state index contributed by atoms with van der Waals surface area (Å²) in [6, 6.07) is 1.02. The number of amidine groups is 1. The summed E-state index contributed by atoms with van der Waals surface area (Å²) < 4.78 is 14.1. The number of aromatic nitrogens is 2. The van der Waals surface area contributed by atoms with E-state index in [-0.39, 0.29) is 17.6 Å². The van der Waals surface area contributed by atoms with Crippen molar-refractivity contribution in [2.24, 2.45) is 15.9 Å². The predicted octanol–water partition coefficient (Wildman–Crippen LogP) is 3.57. The van der Waals surface area contributed by atoms with Crippen LogP contribution in [0, 0.1) is 5.92 Å². The highest BCUT2D eigenvalue weighted by molar-refractivity contribution is 6.31. The minimum atomic E-state index is -0.687. The molecule has 0 radical (unpaired) electrons. The van der Waals surface area contributed by atoms with Gasteiger partial charge in [0.15, 0.2) is 11.7 Å². The van der Waals surface area contributed by atoms with Gasteiger partial charge in [0.1, 0.15) is 17.5 Å². The molecule has 0 unspecified atom stereocenters. The molecule has 28 heavy (non-hydrogen) atoms. The van der Waals surface area contributed by atoms with Crippen LogP contribution in [-0.2, 0) is 4.79 Å². The average molecular weight is 407 g/mol. The first-order valence-corrected chi connectivity index (χ1v) is 9.19. The number of halogens is 2. The Labute approximate surface area is 168 Å². The van der Waals surface area contributed by atoms with Crippen molar-refractivity contribution in [3.8, 4) is 0 Å². The summed E-state index contributed by atoms with van der Waals surface area (Å²) in [4.78, 5) is 27.5. The highest BCUT2D eigenvalue weighted by Gasteiger charge is 2.17. The van der Waals surface area contributed by atoms with Gasteiger partial charge in [-0.3, -0.25) is 4.79 Å². The number of nitrogens with zero attached hydrogens (tertiary/aromatic N) is 3. The second kappa shape index (κ2) is 9.45. The van der Waals surface area contributed by atoms with Crippen LogP contribution in [0.2, 0.25) is 5.02 Å². The quantitative estimate of drug-likeness (QED) is 0.484. The van der Waals surface area contributed by atoms with Crippen LogP contribution in [0.1, 0.15) is 33.3 Å². The number of rotatable bonds is 7. The summed E-state index contributed by atoms with van der Waals surface area (Å²) in [5.41, 5.74) is 1.16.